The minimum Gasteiger partial charge on any atom is -0.492 e. The molecule has 0 saturated carbocycles. The van der Waals surface area contributed by atoms with Gasteiger partial charge in [-0.1, -0.05) is 52.9 Å². The zero-order valence-corrected chi connectivity index (χ0v) is 20.0. The van der Waals surface area contributed by atoms with Crippen LogP contribution in [0.5, 0.6) is 11.5 Å². The highest BCUT2D eigenvalue weighted by atomic mass is 32.1. The van der Waals surface area contributed by atoms with Crippen LogP contribution < -0.4 is 14.3 Å². The summed E-state index contributed by atoms with van der Waals surface area (Å²) in [5.41, 5.74) is 0.957. The van der Waals surface area contributed by atoms with Crippen LogP contribution in [0.25, 0.3) is 10.2 Å². The third kappa shape index (κ3) is 5.41. The highest BCUT2D eigenvalue weighted by molar-refractivity contribution is 7.16. The maximum atomic E-state index is 12.6. The summed E-state index contributed by atoms with van der Waals surface area (Å²) in [7, 11) is 0. The van der Waals surface area contributed by atoms with Crippen LogP contribution in [0.2, 0.25) is 0 Å². The van der Waals surface area contributed by atoms with Crippen LogP contribution in [-0.4, -0.2) is 27.9 Å². The van der Waals surface area contributed by atoms with Crippen LogP contribution in [-0.2, 0) is 11.3 Å². The second kappa shape index (κ2) is 10.1. The van der Waals surface area contributed by atoms with Gasteiger partial charge in [0.15, 0.2) is 5.60 Å². The van der Waals surface area contributed by atoms with E-state index in [0.29, 0.717) is 18.0 Å². The number of carbonyl (C=O) groups is 1. The van der Waals surface area contributed by atoms with Gasteiger partial charge in [0.25, 0.3) is 0 Å². The van der Waals surface area contributed by atoms with Gasteiger partial charge in [0.05, 0.1) is 16.8 Å². The number of aromatic nitrogens is 1. The van der Waals surface area contributed by atoms with E-state index in [1.165, 1.54) is 13.8 Å². The molecule has 0 aliphatic rings. The molecule has 8 nitrogen and oxygen atoms in total. The van der Waals surface area contributed by atoms with Crippen molar-refractivity contribution in [3.8, 4) is 11.5 Å². The number of aliphatic carboxylic acids is 1. The summed E-state index contributed by atoms with van der Waals surface area (Å²) < 4.78 is 13.7. The molecule has 3 aromatic carbocycles. The van der Waals surface area contributed by atoms with E-state index in [1.807, 2.05) is 48.5 Å². The number of carboxylic acids is 1. The average Bonchev–Trinajstić information content (AvgIpc) is 3.15. The first-order chi connectivity index (χ1) is 16.8. The molecule has 0 saturated heterocycles. The lowest BCUT2D eigenvalue weighted by Gasteiger charge is -2.21. The predicted octanol–water partition coefficient (Wildman–Crippen LogP) is 5.24. The number of carboxylic acid groups (broad SMARTS) is 1. The standard InChI is InChI=1S/C26H24N2O6S/c1-26(2,24(29)30)34-20-11-9-19(10-12-20)33-15-14-28-21-13-8-18(16-22(21)35-25(28)31)23(27-32)17-6-4-3-5-7-17/h3-13,16,23H,14-15H2,1-2H3,(H,29,30). The van der Waals surface area contributed by atoms with Gasteiger partial charge in [-0.05, 0) is 61.4 Å². The van der Waals surface area contributed by atoms with Gasteiger partial charge in [0.2, 0.25) is 0 Å². The SMILES string of the molecule is CC(C)(Oc1ccc(OCCn2c(=O)sc3cc(C(N=O)c4ccccc4)ccc32)cc1)C(=O)O. The largest absolute Gasteiger partial charge is 0.492 e. The maximum Gasteiger partial charge on any atom is 0.347 e. The summed E-state index contributed by atoms with van der Waals surface area (Å²) in [5, 5.41) is 12.5. The highest BCUT2D eigenvalue weighted by Crippen LogP contribution is 2.29. The Morgan fingerprint density at radius 3 is 2.37 bits per heavy atom. The van der Waals surface area contributed by atoms with E-state index in [0.717, 1.165) is 32.7 Å². The third-order valence-corrected chi connectivity index (χ3v) is 6.47. The van der Waals surface area contributed by atoms with Crippen molar-refractivity contribution < 1.29 is 19.4 Å². The molecular weight excluding hydrogens is 468 g/mol. The molecule has 0 bridgehead atoms. The molecule has 9 heteroatoms. The molecule has 4 aromatic rings. The van der Waals surface area contributed by atoms with Crippen molar-refractivity contribution in [2.45, 2.75) is 32.0 Å². The van der Waals surface area contributed by atoms with Gasteiger partial charge in [0, 0.05) is 0 Å². The summed E-state index contributed by atoms with van der Waals surface area (Å²) >= 11 is 1.12. The highest BCUT2D eigenvalue weighted by Gasteiger charge is 2.29. The normalized spacial score (nSPS) is 12.3. The fourth-order valence-electron chi connectivity index (χ4n) is 3.61. The molecule has 0 fully saturated rings. The number of fused-ring (bicyclic) bond motifs is 1. The van der Waals surface area contributed by atoms with Crippen molar-refractivity contribution in [3.05, 3.63) is 98.5 Å². The van der Waals surface area contributed by atoms with E-state index in [2.05, 4.69) is 5.18 Å². The second-order valence-corrected chi connectivity index (χ2v) is 9.40. The Morgan fingerprint density at radius 2 is 1.71 bits per heavy atom. The van der Waals surface area contributed by atoms with Crippen molar-refractivity contribution in [2.75, 3.05) is 6.61 Å². The van der Waals surface area contributed by atoms with Crippen LogP contribution >= 0.6 is 11.3 Å². The molecule has 1 aromatic heterocycles. The van der Waals surface area contributed by atoms with Crippen molar-refractivity contribution in [1.82, 2.24) is 4.57 Å². The first-order valence-corrected chi connectivity index (χ1v) is 11.8. The van der Waals surface area contributed by atoms with E-state index >= 15 is 0 Å². The van der Waals surface area contributed by atoms with E-state index in [4.69, 9.17) is 9.47 Å². The van der Waals surface area contributed by atoms with Gasteiger partial charge in [0.1, 0.15) is 24.1 Å². The van der Waals surface area contributed by atoms with Crippen LogP contribution in [0, 0.1) is 4.91 Å². The molecule has 1 heterocycles. The number of thiazole rings is 1. The number of benzene rings is 3. The zero-order valence-electron chi connectivity index (χ0n) is 19.2. The van der Waals surface area contributed by atoms with E-state index in [-0.39, 0.29) is 11.5 Å². The smallest absolute Gasteiger partial charge is 0.347 e. The van der Waals surface area contributed by atoms with Gasteiger partial charge in [-0.3, -0.25) is 9.36 Å². The fourth-order valence-corrected chi connectivity index (χ4v) is 4.58. The molecule has 4 rings (SSSR count). The summed E-state index contributed by atoms with van der Waals surface area (Å²) in [6.45, 7) is 3.55. The number of hydrogen-bond donors (Lipinski definition) is 1. The minimum atomic E-state index is -1.34. The molecule has 0 spiro atoms. The average molecular weight is 493 g/mol. The van der Waals surface area contributed by atoms with Crippen LogP contribution in [0.3, 0.4) is 0 Å². The van der Waals surface area contributed by atoms with Gasteiger partial charge < -0.3 is 14.6 Å². The molecule has 35 heavy (non-hydrogen) atoms. The number of nitroso groups, excluding NO2 is 1. The Balaban J connectivity index is 1.44. The third-order valence-electron chi connectivity index (χ3n) is 5.52. The Labute approximate surface area is 205 Å². The van der Waals surface area contributed by atoms with Crippen molar-refractivity contribution >= 4 is 27.5 Å². The van der Waals surface area contributed by atoms with E-state index in [9.17, 15) is 19.6 Å². The Bertz CT molecular complexity index is 1390. The van der Waals surface area contributed by atoms with Crippen molar-refractivity contribution in [3.63, 3.8) is 0 Å². The van der Waals surface area contributed by atoms with Gasteiger partial charge in [-0.2, -0.15) is 0 Å². The predicted molar refractivity (Wildman–Crippen MR) is 134 cm³/mol. The molecule has 0 radical (unpaired) electrons. The number of ether oxygens (including phenoxy) is 2. The lowest BCUT2D eigenvalue weighted by molar-refractivity contribution is -0.152. The molecule has 180 valence electrons. The minimum absolute atomic E-state index is 0.115. The van der Waals surface area contributed by atoms with Gasteiger partial charge in [-0.15, -0.1) is 4.91 Å². The van der Waals surface area contributed by atoms with E-state index in [1.54, 1.807) is 28.8 Å². The number of rotatable bonds is 10. The summed E-state index contributed by atoms with van der Waals surface area (Å²) in [4.78, 5) is 35.2. The quantitative estimate of drug-likeness (QED) is 0.303. The molecule has 1 N–H and O–H groups in total. The lowest BCUT2D eigenvalue weighted by Crippen LogP contribution is -2.37. The van der Waals surface area contributed by atoms with Gasteiger partial charge >= 0.3 is 10.8 Å². The molecule has 0 aliphatic heterocycles. The fraction of sp³-hybridized carbons (Fsp3) is 0.231. The Kier molecular flexibility index (Phi) is 6.97. The van der Waals surface area contributed by atoms with E-state index < -0.39 is 17.6 Å². The first-order valence-electron chi connectivity index (χ1n) is 10.9. The van der Waals surface area contributed by atoms with Crippen molar-refractivity contribution in [2.24, 2.45) is 5.18 Å². The monoisotopic (exact) mass is 492 g/mol. The van der Waals surface area contributed by atoms with Crippen LogP contribution in [0.4, 0.5) is 0 Å². The maximum absolute atomic E-state index is 12.6. The molecule has 1 atom stereocenters. The summed E-state index contributed by atoms with van der Waals surface area (Å²) in [5.74, 6) is -0.0706. The Hall–Kier alpha value is -3.98. The number of hydrogen-bond acceptors (Lipinski definition) is 7. The molecule has 1 unspecified atom stereocenters. The van der Waals surface area contributed by atoms with Crippen molar-refractivity contribution in [1.29, 1.82) is 0 Å². The molecular formula is C26H24N2O6S. The summed E-state index contributed by atoms with van der Waals surface area (Å²) in [6.07, 6.45) is 0. The zero-order chi connectivity index (χ0) is 25.0. The van der Waals surface area contributed by atoms with Gasteiger partial charge in [-0.25, -0.2) is 4.79 Å². The lowest BCUT2D eigenvalue weighted by atomic mass is 9.99. The number of nitrogens with zero attached hydrogens (tertiary/aromatic N) is 2. The van der Waals surface area contributed by atoms with Crippen LogP contribution in [0.15, 0.2) is 82.8 Å². The summed E-state index contributed by atoms with van der Waals surface area (Å²) in [6, 6.07) is 20.8. The molecule has 0 aliphatic carbocycles. The first kappa shape index (κ1) is 24.2. The molecule has 0 amide bonds. The topological polar surface area (TPSA) is 107 Å². The Morgan fingerprint density at radius 1 is 1.03 bits per heavy atom. The van der Waals surface area contributed by atoms with Crippen LogP contribution in [0.1, 0.15) is 31.0 Å². The second-order valence-electron chi connectivity index (χ2n) is 8.40.